The van der Waals surface area contributed by atoms with Gasteiger partial charge in [0.05, 0.1) is 0 Å². The largest absolute Gasteiger partial charge is 0.508 e. The van der Waals surface area contributed by atoms with Gasteiger partial charge < -0.3 is 10.2 Å². The van der Waals surface area contributed by atoms with E-state index in [-0.39, 0.29) is 0 Å². The van der Waals surface area contributed by atoms with Crippen LogP contribution >= 0.6 is 0 Å². The number of benzene rings is 2. The van der Waals surface area contributed by atoms with Gasteiger partial charge in [0.15, 0.2) is 0 Å². The van der Waals surface area contributed by atoms with Crippen molar-refractivity contribution in [3.8, 4) is 11.5 Å². The molecule has 0 fully saturated rings. The Balaban J connectivity index is 2.69. The molecule has 0 heterocycles. The van der Waals surface area contributed by atoms with E-state index < -0.39 is 5.41 Å². The molecule has 2 N–H and O–H groups in total. The van der Waals surface area contributed by atoms with Crippen molar-refractivity contribution in [3.05, 3.63) is 59.7 Å². The quantitative estimate of drug-likeness (QED) is 0.766. The Morgan fingerprint density at radius 3 is 1.68 bits per heavy atom. The Morgan fingerprint density at radius 2 is 1.32 bits per heavy atom. The summed E-state index contributed by atoms with van der Waals surface area (Å²) >= 11 is 0. The van der Waals surface area contributed by atoms with Crippen molar-refractivity contribution in [2.45, 2.75) is 45.4 Å². The molecule has 0 radical (unpaired) electrons. The Bertz CT molecular complexity index is 573. The number of phenols is 2. The summed E-state index contributed by atoms with van der Waals surface area (Å²) in [6.45, 7) is 6.50. The molecule has 0 amide bonds. The average Bonchev–Trinajstić information content (AvgIpc) is 2.53. The van der Waals surface area contributed by atoms with Gasteiger partial charge in [-0.3, -0.25) is 0 Å². The second-order valence-electron chi connectivity index (χ2n) is 6.13. The van der Waals surface area contributed by atoms with Gasteiger partial charge in [-0.25, -0.2) is 0 Å². The summed E-state index contributed by atoms with van der Waals surface area (Å²) in [5.74, 6) is 0.935. The Hall–Kier alpha value is -1.96. The smallest absolute Gasteiger partial charge is 0.119 e. The number of hydrogen-bond acceptors (Lipinski definition) is 2. The van der Waals surface area contributed by atoms with Gasteiger partial charge in [-0.15, -0.1) is 0 Å². The molecule has 2 heteroatoms. The lowest BCUT2D eigenvalue weighted by atomic mass is 9.64. The van der Waals surface area contributed by atoms with Gasteiger partial charge >= 0.3 is 0 Å². The first-order valence-corrected chi connectivity index (χ1v) is 8.12. The first-order chi connectivity index (χ1) is 10.6. The van der Waals surface area contributed by atoms with Crippen LogP contribution in [0.4, 0.5) is 0 Å². The van der Waals surface area contributed by atoms with E-state index in [0.29, 0.717) is 17.4 Å². The summed E-state index contributed by atoms with van der Waals surface area (Å²) in [4.78, 5) is 0. The molecule has 0 aliphatic carbocycles. The molecular formula is C20H26O2. The highest BCUT2D eigenvalue weighted by Crippen LogP contribution is 2.48. The summed E-state index contributed by atoms with van der Waals surface area (Å²) in [5.41, 5.74) is 1.36. The fourth-order valence-electron chi connectivity index (χ4n) is 3.66. The van der Waals surface area contributed by atoms with Crippen molar-refractivity contribution in [1.29, 1.82) is 0 Å². The van der Waals surface area contributed by atoms with Crippen LogP contribution in [0.1, 0.15) is 51.2 Å². The molecule has 0 aliphatic heterocycles. The normalized spacial score (nSPS) is 13.0. The monoisotopic (exact) mass is 298 g/mol. The summed E-state index contributed by atoms with van der Waals surface area (Å²) in [5, 5.41) is 20.9. The molecule has 1 unspecified atom stereocenters. The lowest BCUT2D eigenvalue weighted by molar-refractivity contribution is 0.293. The zero-order valence-corrected chi connectivity index (χ0v) is 13.7. The van der Waals surface area contributed by atoms with Crippen molar-refractivity contribution >= 4 is 0 Å². The van der Waals surface area contributed by atoms with E-state index in [1.54, 1.807) is 12.1 Å². The minimum absolute atomic E-state index is 0.294. The van der Waals surface area contributed by atoms with Crippen LogP contribution in [0.25, 0.3) is 0 Å². The topological polar surface area (TPSA) is 40.5 Å². The molecule has 2 rings (SSSR count). The molecule has 2 aromatic rings. The summed E-state index contributed by atoms with van der Waals surface area (Å²) < 4.78 is 0. The van der Waals surface area contributed by atoms with Crippen LogP contribution in [0.5, 0.6) is 11.5 Å². The predicted molar refractivity (Wildman–Crippen MR) is 91.4 cm³/mol. The van der Waals surface area contributed by atoms with Crippen LogP contribution in [0, 0.1) is 5.92 Å². The van der Waals surface area contributed by atoms with E-state index in [1.807, 2.05) is 36.4 Å². The van der Waals surface area contributed by atoms with E-state index in [1.165, 1.54) is 0 Å². The minimum atomic E-state index is -0.415. The van der Waals surface area contributed by atoms with Crippen LogP contribution in [-0.2, 0) is 5.41 Å². The predicted octanol–water partition coefficient (Wildman–Crippen LogP) is 5.23. The van der Waals surface area contributed by atoms with Crippen LogP contribution in [0.3, 0.4) is 0 Å². The molecule has 22 heavy (non-hydrogen) atoms. The molecular weight excluding hydrogens is 272 g/mol. The molecule has 118 valence electrons. The maximum atomic E-state index is 10.4. The second-order valence-corrected chi connectivity index (χ2v) is 6.13. The van der Waals surface area contributed by atoms with Crippen molar-refractivity contribution in [2.75, 3.05) is 0 Å². The summed E-state index contributed by atoms with van der Waals surface area (Å²) in [6.07, 6.45) is 3.12. The molecule has 0 saturated carbocycles. The Morgan fingerprint density at radius 1 is 0.864 bits per heavy atom. The van der Waals surface area contributed by atoms with E-state index >= 15 is 0 Å². The van der Waals surface area contributed by atoms with Gasteiger partial charge in [-0.2, -0.15) is 0 Å². The van der Waals surface area contributed by atoms with Gasteiger partial charge in [0.2, 0.25) is 0 Å². The Labute approximate surface area is 133 Å². The van der Waals surface area contributed by atoms with Crippen molar-refractivity contribution < 1.29 is 10.2 Å². The van der Waals surface area contributed by atoms with Crippen LogP contribution in [-0.4, -0.2) is 10.2 Å². The van der Waals surface area contributed by atoms with E-state index in [9.17, 15) is 10.2 Å². The van der Waals surface area contributed by atoms with Crippen LogP contribution in [0.2, 0.25) is 0 Å². The molecule has 0 bridgehead atoms. The molecule has 0 aromatic heterocycles. The standard InChI is InChI=1S/C20H26O2/c1-4-10-15(5-2)20(3,16-11-6-8-13-18(16)21)17-12-7-9-14-19(17)22/h6-9,11-15,21-22H,4-5,10H2,1-3H3. The zero-order valence-electron chi connectivity index (χ0n) is 13.7. The summed E-state index contributed by atoms with van der Waals surface area (Å²) in [6, 6.07) is 15.0. The molecule has 0 spiro atoms. The number of phenolic OH excluding ortho intramolecular Hbond substituents is 2. The molecule has 2 nitrogen and oxygen atoms in total. The number of hydrogen-bond donors (Lipinski definition) is 2. The second kappa shape index (κ2) is 6.87. The van der Waals surface area contributed by atoms with Crippen LogP contribution < -0.4 is 0 Å². The van der Waals surface area contributed by atoms with Crippen molar-refractivity contribution in [1.82, 2.24) is 0 Å². The highest BCUT2D eigenvalue weighted by Gasteiger charge is 2.39. The highest BCUT2D eigenvalue weighted by atomic mass is 16.3. The molecule has 0 aliphatic rings. The maximum absolute atomic E-state index is 10.4. The van der Waals surface area contributed by atoms with E-state index in [0.717, 1.165) is 30.4 Å². The first kappa shape index (κ1) is 16.4. The Kier molecular flexibility index (Phi) is 5.12. The van der Waals surface area contributed by atoms with Gasteiger partial charge in [-0.05, 0) is 24.5 Å². The highest BCUT2D eigenvalue weighted by molar-refractivity contribution is 5.51. The van der Waals surface area contributed by atoms with Crippen molar-refractivity contribution in [3.63, 3.8) is 0 Å². The fraction of sp³-hybridized carbons (Fsp3) is 0.400. The van der Waals surface area contributed by atoms with Crippen molar-refractivity contribution in [2.24, 2.45) is 5.92 Å². The van der Waals surface area contributed by atoms with Gasteiger partial charge in [0.1, 0.15) is 11.5 Å². The zero-order chi connectivity index (χ0) is 16.2. The molecule has 0 saturated heterocycles. The number of aromatic hydroxyl groups is 2. The first-order valence-electron chi connectivity index (χ1n) is 8.12. The SMILES string of the molecule is CCCC(CC)C(C)(c1ccccc1O)c1ccccc1O. The number of para-hydroxylation sites is 2. The average molecular weight is 298 g/mol. The maximum Gasteiger partial charge on any atom is 0.119 e. The third kappa shape index (κ3) is 2.83. The molecule has 1 atom stereocenters. The third-order valence-corrected chi connectivity index (χ3v) is 4.87. The lowest BCUT2D eigenvalue weighted by Gasteiger charge is -2.39. The van der Waals surface area contributed by atoms with E-state index in [2.05, 4.69) is 20.8 Å². The third-order valence-electron chi connectivity index (χ3n) is 4.87. The van der Waals surface area contributed by atoms with Gasteiger partial charge in [0, 0.05) is 16.5 Å². The molecule has 2 aromatic carbocycles. The van der Waals surface area contributed by atoms with Crippen LogP contribution in [0.15, 0.2) is 48.5 Å². The minimum Gasteiger partial charge on any atom is -0.508 e. The van der Waals surface area contributed by atoms with Gasteiger partial charge in [-0.1, -0.05) is 70.0 Å². The summed E-state index contributed by atoms with van der Waals surface area (Å²) in [7, 11) is 0. The van der Waals surface area contributed by atoms with Gasteiger partial charge in [0.25, 0.3) is 0 Å². The fourth-order valence-corrected chi connectivity index (χ4v) is 3.66. The number of rotatable bonds is 6. The lowest BCUT2D eigenvalue weighted by Crippen LogP contribution is -2.33. The van der Waals surface area contributed by atoms with E-state index in [4.69, 9.17) is 0 Å².